The molecular weight excluding hydrogens is 216 g/mol. The Morgan fingerprint density at radius 3 is 2.94 bits per heavy atom. The Bertz CT molecular complexity index is 447. The zero-order chi connectivity index (χ0) is 11.8. The number of pyridine rings is 1. The van der Waals surface area contributed by atoms with Gasteiger partial charge >= 0.3 is 0 Å². The van der Waals surface area contributed by atoms with Crippen LogP contribution in [0.3, 0.4) is 0 Å². The van der Waals surface area contributed by atoms with Crippen LogP contribution in [0, 0.1) is 11.8 Å². The summed E-state index contributed by atoms with van der Waals surface area (Å²) in [5.41, 5.74) is 0.322. The van der Waals surface area contributed by atoms with Crippen molar-refractivity contribution in [3.8, 4) is 5.75 Å². The lowest BCUT2D eigenvalue weighted by Gasteiger charge is -2.22. The molecule has 1 heterocycles. The average Bonchev–Trinajstić information content (AvgIpc) is 2.91. The predicted molar refractivity (Wildman–Crippen MR) is 62.6 cm³/mol. The average molecular weight is 232 g/mol. The Balaban J connectivity index is 1.70. The number of hydrogen-bond donors (Lipinski definition) is 2. The fourth-order valence-corrected chi connectivity index (χ4v) is 3.25. The molecule has 3 unspecified atom stereocenters. The van der Waals surface area contributed by atoms with E-state index in [1.54, 1.807) is 6.07 Å². The van der Waals surface area contributed by atoms with Gasteiger partial charge in [-0.1, -0.05) is 6.42 Å². The highest BCUT2D eigenvalue weighted by atomic mass is 16.3. The Kier molecular flexibility index (Phi) is 2.50. The van der Waals surface area contributed by atoms with Crippen molar-refractivity contribution in [3.63, 3.8) is 0 Å². The molecule has 0 saturated heterocycles. The molecule has 1 aromatic heterocycles. The topological polar surface area (TPSA) is 62.2 Å². The summed E-state index contributed by atoms with van der Waals surface area (Å²) >= 11 is 0. The van der Waals surface area contributed by atoms with Gasteiger partial charge in [-0.2, -0.15) is 0 Å². The Morgan fingerprint density at radius 1 is 1.41 bits per heavy atom. The molecule has 0 aliphatic heterocycles. The summed E-state index contributed by atoms with van der Waals surface area (Å²) in [6.07, 6.45) is 7.73. The van der Waals surface area contributed by atoms with Crippen LogP contribution in [0.4, 0.5) is 0 Å². The number of hydrogen-bond acceptors (Lipinski definition) is 3. The second kappa shape index (κ2) is 4.02. The summed E-state index contributed by atoms with van der Waals surface area (Å²) in [6.45, 7) is 0. The molecule has 2 saturated carbocycles. The molecule has 2 aliphatic rings. The summed E-state index contributed by atoms with van der Waals surface area (Å²) in [5.74, 6) is 1.22. The normalized spacial score (nSPS) is 30.5. The van der Waals surface area contributed by atoms with Gasteiger partial charge in [0, 0.05) is 12.2 Å². The molecule has 90 valence electrons. The van der Waals surface area contributed by atoms with Crippen molar-refractivity contribution < 1.29 is 9.90 Å². The lowest BCUT2D eigenvalue weighted by molar-refractivity contribution is 0.0920. The molecule has 0 aromatic carbocycles. The van der Waals surface area contributed by atoms with Crippen LogP contribution in [-0.2, 0) is 0 Å². The monoisotopic (exact) mass is 232 g/mol. The summed E-state index contributed by atoms with van der Waals surface area (Å²) in [5, 5.41) is 12.6. The molecule has 17 heavy (non-hydrogen) atoms. The van der Waals surface area contributed by atoms with Gasteiger partial charge in [-0.25, -0.2) is 0 Å². The summed E-state index contributed by atoms with van der Waals surface area (Å²) in [7, 11) is 0. The molecule has 4 nitrogen and oxygen atoms in total. The molecule has 2 bridgehead atoms. The van der Waals surface area contributed by atoms with Gasteiger partial charge < -0.3 is 10.4 Å². The summed E-state index contributed by atoms with van der Waals surface area (Å²) in [6, 6.07) is 1.85. The molecule has 3 rings (SSSR count). The van der Waals surface area contributed by atoms with Crippen LogP contribution < -0.4 is 5.32 Å². The van der Waals surface area contributed by atoms with E-state index in [1.165, 1.54) is 31.7 Å². The molecule has 2 fully saturated rings. The van der Waals surface area contributed by atoms with Gasteiger partial charge in [-0.05, 0) is 37.2 Å². The van der Waals surface area contributed by atoms with Crippen LogP contribution in [0.2, 0.25) is 0 Å². The Labute approximate surface area is 100 Å². The SMILES string of the molecule is O=C(NC1CC2CCC1C2)c1ccncc1O. The van der Waals surface area contributed by atoms with Crippen molar-refractivity contribution in [1.82, 2.24) is 10.3 Å². The van der Waals surface area contributed by atoms with Crippen molar-refractivity contribution in [1.29, 1.82) is 0 Å². The van der Waals surface area contributed by atoms with Crippen LogP contribution in [0.25, 0.3) is 0 Å². The minimum Gasteiger partial charge on any atom is -0.505 e. The van der Waals surface area contributed by atoms with Gasteiger partial charge in [0.1, 0.15) is 5.75 Å². The lowest BCUT2D eigenvalue weighted by atomic mass is 9.95. The number of nitrogens with zero attached hydrogens (tertiary/aromatic N) is 1. The predicted octanol–water partition coefficient (Wildman–Crippen LogP) is 1.71. The highest BCUT2D eigenvalue weighted by Gasteiger charge is 2.40. The molecule has 0 radical (unpaired) electrons. The van der Waals surface area contributed by atoms with Crippen LogP contribution >= 0.6 is 0 Å². The van der Waals surface area contributed by atoms with Crippen LogP contribution in [-0.4, -0.2) is 22.0 Å². The van der Waals surface area contributed by atoms with Crippen molar-refractivity contribution in [2.45, 2.75) is 31.7 Å². The third-order valence-electron chi connectivity index (χ3n) is 4.10. The fourth-order valence-electron chi connectivity index (χ4n) is 3.25. The molecule has 2 N–H and O–H groups in total. The van der Waals surface area contributed by atoms with E-state index in [-0.39, 0.29) is 11.7 Å². The van der Waals surface area contributed by atoms with E-state index in [4.69, 9.17) is 0 Å². The number of carbonyl (C=O) groups excluding carboxylic acids is 1. The van der Waals surface area contributed by atoms with Gasteiger partial charge in [0.25, 0.3) is 5.91 Å². The number of fused-ring (bicyclic) bond motifs is 2. The number of aromatic nitrogens is 1. The first-order valence-electron chi connectivity index (χ1n) is 6.18. The van der Waals surface area contributed by atoms with Gasteiger partial charge in [0.05, 0.1) is 11.8 Å². The Morgan fingerprint density at radius 2 is 2.29 bits per heavy atom. The number of carbonyl (C=O) groups is 1. The van der Waals surface area contributed by atoms with Crippen molar-refractivity contribution >= 4 is 5.91 Å². The summed E-state index contributed by atoms with van der Waals surface area (Å²) < 4.78 is 0. The molecule has 1 aromatic rings. The van der Waals surface area contributed by atoms with Gasteiger partial charge in [-0.3, -0.25) is 9.78 Å². The standard InChI is InChI=1S/C13H16N2O2/c16-12-7-14-4-3-10(12)13(17)15-11-6-8-1-2-9(11)5-8/h3-4,7-9,11,16H,1-2,5-6H2,(H,15,17). The van der Waals surface area contributed by atoms with E-state index in [2.05, 4.69) is 10.3 Å². The minimum atomic E-state index is -0.178. The van der Waals surface area contributed by atoms with E-state index < -0.39 is 0 Å². The van der Waals surface area contributed by atoms with Gasteiger partial charge in [-0.15, -0.1) is 0 Å². The number of amides is 1. The molecule has 4 heteroatoms. The van der Waals surface area contributed by atoms with E-state index in [0.717, 1.165) is 12.3 Å². The van der Waals surface area contributed by atoms with Crippen molar-refractivity contribution in [2.24, 2.45) is 11.8 Å². The minimum absolute atomic E-state index is 0.0480. The number of aromatic hydroxyl groups is 1. The zero-order valence-electron chi connectivity index (χ0n) is 9.60. The highest BCUT2D eigenvalue weighted by molar-refractivity contribution is 5.96. The number of rotatable bonds is 2. The van der Waals surface area contributed by atoms with E-state index in [9.17, 15) is 9.90 Å². The maximum atomic E-state index is 12.0. The molecule has 0 spiro atoms. The van der Waals surface area contributed by atoms with Crippen molar-refractivity contribution in [3.05, 3.63) is 24.0 Å². The first-order valence-corrected chi connectivity index (χ1v) is 6.18. The number of nitrogens with one attached hydrogen (secondary N) is 1. The Hall–Kier alpha value is -1.58. The molecule has 2 aliphatic carbocycles. The van der Waals surface area contributed by atoms with E-state index in [1.807, 2.05) is 0 Å². The van der Waals surface area contributed by atoms with Gasteiger partial charge in [0.2, 0.25) is 0 Å². The molecule has 1 amide bonds. The quantitative estimate of drug-likeness (QED) is 0.816. The first-order chi connectivity index (χ1) is 8.24. The largest absolute Gasteiger partial charge is 0.505 e. The third kappa shape index (κ3) is 1.88. The van der Waals surface area contributed by atoms with Crippen LogP contribution in [0.1, 0.15) is 36.0 Å². The lowest BCUT2D eigenvalue weighted by Crippen LogP contribution is -2.38. The van der Waals surface area contributed by atoms with Crippen LogP contribution in [0.5, 0.6) is 5.75 Å². The van der Waals surface area contributed by atoms with Gasteiger partial charge in [0.15, 0.2) is 0 Å². The first kappa shape index (κ1) is 10.6. The maximum absolute atomic E-state index is 12.0. The van der Waals surface area contributed by atoms with E-state index in [0.29, 0.717) is 17.5 Å². The van der Waals surface area contributed by atoms with Crippen LogP contribution in [0.15, 0.2) is 18.5 Å². The third-order valence-corrected chi connectivity index (χ3v) is 4.10. The smallest absolute Gasteiger partial charge is 0.255 e. The molecular formula is C13H16N2O2. The van der Waals surface area contributed by atoms with E-state index >= 15 is 0 Å². The summed E-state index contributed by atoms with van der Waals surface area (Å²) in [4.78, 5) is 15.8. The zero-order valence-corrected chi connectivity index (χ0v) is 9.60. The second-order valence-electron chi connectivity index (χ2n) is 5.15. The fraction of sp³-hybridized carbons (Fsp3) is 0.538. The highest BCUT2D eigenvalue weighted by Crippen LogP contribution is 2.44. The maximum Gasteiger partial charge on any atom is 0.255 e. The van der Waals surface area contributed by atoms with Crippen molar-refractivity contribution in [2.75, 3.05) is 0 Å². The second-order valence-corrected chi connectivity index (χ2v) is 5.15. The molecule has 3 atom stereocenters.